The lowest BCUT2D eigenvalue weighted by Crippen LogP contribution is -2.46. The van der Waals surface area contributed by atoms with Crippen LogP contribution in [-0.4, -0.2) is 46.6 Å². The molecule has 1 aromatic rings. The molecule has 1 amide bonds. The molecular weight excluding hydrogens is 290 g/mol. The van der Waals surface area contributed by atoms with Crippen molar-refractivity contribution in [3.8, 4) is 0 Å². The molecule has 2 atom stereocenters. The van der Waals surface area contributed by atoms with Gasteiger partial charge in [-0.2, -0.15) is 0 Å². The molecule has 2 rings (SSSR count). The molecule has 6 heteroatoms. The second-order valence-corrected chi connectivity index (χ2v) is 5.82. The standard InChI is InChI=1S/C15H22ClN3O2/c1-3-17-14-8-10(11(16)9-18-14)15(21)19(2)12-6-4-5-7-13(12)20/h8-9,12-13,20H,3-7H2,1-2H3,(H,17,18). The Balaban J connectivity index is 2.20. The van der Waals surface area contributed by atoms with Gasteiger partial charge in [-0.3, -0.25) is 4.79 Å². The van der Waals surface area contributed by atoms with Gasteiger partial charge in [-0.1, -0.05) is 24.4 Å². The van der Waals surface area contributed by atoms with Crippen LogP contribution in [0.1, 0.15) is 43.0 Å². The molecular formula is C15H22ClN3O2. The Hall–Kier alpha value is -1.33. The Bertz CT molecular complexity index is 510. The fourth-order valence-electron chi connectivity index (χ4n) is 2.76. The number of pyridine rings is 1. The quantitative estimate of drug-likeness (QED) is 0.897. The molecule has 1 fully saturated rings. The number of halogens is 1. The highest BCUT2D eigenvalue weighted by Gasteiger charge is 2.30. The van der Waals surface area contributed by atoms with Gasteiger partial charge >= 0.3 is 0 Å². The zero-order valence-corrected chi connectivity index (χ0v) is 13.2. The Morgan fingerprint density at radius 1 is 1.52 bits per heavy atom. The lowest BCUT2D eigenvalue weighted by molar-refractivity contribution is 0.0268. The molecule has 21 heavy (non-hydrogen) atoms. The first-order valence-corrected chi connectivity index (χ1v) is 7.77. The zero-order valence-electron chi connectivity index (χ0n) is 12.5. The van der Waals surface area contributed by atoms with Crippen LogP contribution in [0.2, 0.25) is 5.02 Å². The summed E-state index contributed by atoms with van der Waals surface area (Å²) in [5.74, 6) is 0.454. The van der Waals surface area contributed by atoms with Crippen LogP contribution in [-0.2, 0) is 0 Å². The molecule has 0 bridgehead atoms. The van der Waals surface area contributed by atoms with Gasteiger partial charge in [-0.05, 0) is 25.8 Å². The second-order valence-electron chi connectivity index (χ2n) is 5.41. The number of amides is 1. The molecule has 1 aliphatic rings. The van der Waals surface area contributed by atoms with E-state index < -0.39 is 6.10 Å². The lowest BCUT2D eigenvalue weighted by Gasteiger charge is -2.35. The van der Waals surface area contributed by atoms with Crippen molar-refractivity contribution in [1.82, 2.24) is 9.88 Å². The molecule has 0 aromatic carbocycles. The highest BCUT2D eigenvalue weighted by Crippen LogP contribution is 2.26. The number of aliphatic hydroxyl groups is 1. The Morgan fingerprint density at radius 2 is 2.24 bits per heavy atom. The van der Waals surface area contributed by atoms with Crippen molar-refractivity contribution in [1.29, 1.82) is 0 Å². The minimum absolute atomic E-state index is 0.141. The zero-order chi connectivity index (χ0) is 15.4. The fourth-order valence-corrected chi connectivity index (χ4v) is 2.95. The van der Waals surface area contributed by atoms with E-state index >= 15 is 0 Å². The van der Waals surface area contributed by atoms with Crippen molar-refractivity contribution in [2.24, 2.45) is 0 Å². The largest absolute Gasteiger partial charge is 0.391 e. The van der Waals surface area contributed by atoms with Gasteiger partial charge < -0.3 is 15.3 Å². The molecule has 1 heterocycles. The summed E-state index contributed by atoms with van der Waals surface area (Å²) in [6.45, 7) is 2.68. The van der Waals surface area contributed by atoms with E-state index in [1.807, 2.05) is 6.92 Å². The molecule has 0 aliphatic heterocycles. The summed E-state index contributed by atoms with van der Waals surface area (Å²) in [6, 6.07) is 1.53. The number of carbonyl (C=O) groups is 1. The predicted molar refractivity (Wildman–Crippen MR) is 83.8 cm³/mol. The SMILES string of the molecule is CCNc1cc(C(=O)N(C)C2CCCCC2O)c(Cl)cn1. The van der Waals surface area contributed by atoms with Crippen LogP contribution >= 0.6 is 11.6 Å². The predicted octanol–water partition coefficient (Wildman–Crippen LogP) is 2.54. The van der Waals surface area contributed by atoms with Gasteiger partial charge in [0.25, 0.3) is 5.91 Å². The number of aromatic nitrogens is 1. The number of likely N-dealkylation sites (N-methyl/N-ethyl adjacent to an activating group) is 1. The summed E-state index contributed by atoms with van der Waals surface area (Å²) < 4.78 is 0. The van der Waals surface area contributed by atoms with Gasteiger partial charge in [-0.15, -0.1) is 0 Å². The van der Waals surface area contributed by atoms with E-state index in [0.29, 0.717) is 16.4 Å². The minimum Gasteiger partial charge on any atom is -0.391 e. The van der Waals surface area contributed by atoms with Crippen LogP contribution in [0.3, 0.4) is 0 Å². The molecule has 2 unspecified atom stereocenters. The van der Waals surface area contributed by atoms with Crippen molar-refractivity contribution in [3.05, 3.63) is 22.8 Å². The number of anilines is 1. The fraction of sp³-hybridized carbons (Fsp3) is 0.600. The summed E-state index contributed by atoms with van der Waals surface area (Å²) in [7, 11) is 1.73. The third kappa shape index (κ3) is 3.66. The summed E-state index contributed by atoms with van der Waals surface area (Å²) >= 11 is 6.11. The second kappa shape index (κ2) is 7.09. The maximum atomic E-state index is 12.6. The third-order valence-corrected chi connectivity index (χ3v) is 4.26. The first kappa shape index (κ1) is 16.0. The van der Waals surface area contributed by atoms with Gasteiger partial charge in [-0.25, -0.2) is 4.98 Å². The van der Waals surface area contributed by atoms with E-state index in [9.17, 15) is 9.90 Å². The number of rotatable bonds is 4. The minimum atomic E-state index is -0.457. The molecule has 0 saturated heterocycles. The maximum Gasteiger partial charge on any atom is 0.255 e. The molecule has 1 aromatic heterocycles. The summed E-state index contributed by atoms with van der Waals surface area (Å²) in [5.41, 5.74) is 0.419. The summed E-state index contributed by atoms with van der Waals surface area (Å²) in [5, 5.41) is 13.5. The van der Waals surface area contributed by atoms with Crippen LogP contribution in [0, 0.1) is 0 Å². The Labute approximate surface area is 130 Å². The molecule has 116 valence electrons. The maximum absolute atomic E-state index is 12.6. The Kier molecular flexibility index (Phi) is 5.42. The van der Waals surface area contributed by atoms with Crippen LogP contribution < -0.4 is 5.32 Å². The van der Waals surface area contributed by atoms with E-state index in [-0.39, 0.29) is 11.9 Å². The van der Waals surface area contributed by atoms with E-state index in [1.54, 1.807) is 18.0 Å². The van der Waals surface area contributed by atoms with E-state index in [0.717, 1.165) is 32.2 Å². The molecule has 2 N–H and O–H groups in total. The summed E-state index contributed by atoms with van der Waals surface area (Å²) in [4.78, 5) is 18.4. The first-order valence-electron chi connectivity index (χ1n) is 7.39. The van der Waals surface area contributed by atoms with Crippen LogP contribution in [0.5, 0.6) is 0 Å². The topological polar surface area (TPSA) is 65.5 Å². The highest BCUT2D eigenvalue weighted by atomic mass is 35.5. The van der Waals surface area contributed by atoms with E-state index in [2.05, 4.69) is 10.3 Å². The number of hydrogen-bond donors (Lipinski definition) is 2. The molecule has 0 spiro atoms. The first-order chi connectivity index (χ1) is 10.0. The average Bonchev–Trinajstić information content (AvgIpc) is 2.48. The normalized spacial score (nSPS) is 21.9. The number of hydrogen-bond acceptors (Lipinski definition) is 4. The monoisotopic (exact) mass is 311 g/mol. The summed E-state index contributed by atoms with van der Waals surface area (Å²) in [6.07, 6.45) is 4.65. The van der Waals surface area contributed by atoms with Crippen molar-refractivity contribution in [2.45, 2.75) is 44.8 Å². The van der Waals surface area contributed by atoms with Crippen molar-refractivity contribution in [3.63, 3.8) is 0 Å². The number of carbonyl (C=O) groups excluding carboxylic acids is 1. The van der Waals surface area contributed by atoms with Crippen LogP contribution in [0.4, 0.5) is 5.82 Å². The van der Waals surface area contributed by atoms with E-state index in [4.69, 9.17) is 11.6 Å². The average molecular weight is 312 g/mol. The highest BCUT2D eigenvalue weighted by molar-refractivity contribution is 6.33. The Morgan fingerprint density at radius 3 is 2.90 bits per heavy atom. The lowest BCUT2D eigenvalue weighted by atomic mass is 9.91. The van der Waals surface area contributed by atoms with Crippen molar-refractivity contribution < 1.29 is 9.90 Å². The number of nitrogens with zero attached hydrogens (tertiary/aromatic N) is 2. The van der Waals surface area contributed by atoms with E-state index in [1.165, 1.54) is 6.20 Å². The van der Waals surface area contributed by atoms with Crippen molar-refractivity contribution in [2.75, 3.05) is 18.9 Å². The van der Waals surface area contributed by atoms with Gasteiger partial charge in [0.1, 0.15) is 5.82 Å². The van der Waals surface area contributed by atoms with Gasteiger partial charge in [0, 0.05) is 19.8 Å². The molecule has 1 aliphatic carbocycles. The molecule has 0 radical (unpaired) electrons. The van der Waals surface area contributed by atoms with Gasteiger partial charge in [0.2, 0.25) is 0 Å². The molecule has 5 nitrogen and oxygen atoms in total. The molecule has 1 saturated carbocycles. The number of aliphatic hydroxyl groups excluding tert-OH is 1. The van der Waals surface area contributed by atoms with Gasteiger partial charge in [0.05, 0.1) is 22.7 Å². The van der Waals surface area contributed by atoms with Crippen molar-refractivity contribution >= 4 is 23.3 Å². The van der Waals surface area contributed by atoms with Crippen LogP contribution in [0.15, 0.2) is 12.3 Å². The smallest absolute Gasteiger partial charge is 0.255 e. The van der Waals surface area contributed by atoms with Gasteiger partial charge in [0.15, 0.2) is 0 Å². The number of nitrogens with one attached hydrogen (secondary N) is 1. The third-order valence-electron chi connectivity index (χ3n) is 3.96. The van der Waals surface area contributed by atoms with Crippen LogP contribution in [0.25, 0.3) is 0 Å².